The highest BCUT2D eigenvalue weighted by Gasteiger charge is 2.12. The molecule has 2 aromatic carbocycles. The molecule has 0 spiro atoms. The second-order valence-electron chi connectivity index (χ2n) is 5.93. The third kappa shape index (κ3) is 5.88. The van der Waals surface area contributed by atoms with Gasteiger partial charge in [-0.05, 0) is 56.3 Å². The van der Waals surface area contributed by atoms with Crippen molar-refractivity contribution in [2.24, 2.45) is 0 Å². The van der Waals surface area contributed by atoms with E-state index in [1.807, 2.05) is 24.3 Å². The van der Waals surface area contributed by atoms with Crippen LogP contribution in [0.25, 0.3) is 0 Å². The SMILES string of the molecule is COc1ccc(OCCCOc2cc(C(=O)OC(C)C)ccc2N)cc1. The molecule has 0 amide bonds. The number of carbonyl (C=O) groups excluding carboxylic acids is 1. The third-order valence-electron chi connectivity index (χ3n) is 3.47. The van der Waals surface area contributed by atoms with E-state index >= 15 is 0 Å². The lowest BCUT2D eigenvalue weighted by atomic mass is 10.2. The highest BCUT2D eigenvalue weighted by molar-refractivity contribution is 5.90. The van der Waals surface area contributed by atoms with Gasteiger partial charge in [0.25, 0.3) is 0 Å². The van der Waals surface area contributed by atoms with Gasteiger partial charge in [-0.1, -0.05) is 0 Å². The van der Waals surface area contributed by atoms with Crippen LogP contribution in [0.1, 0.15) is 30.6 Å². The Balaban J connectivity index is 1.80. The molecule has 0 saturated heterocycles. The van der Waals surface area contributed by atoms with Crippen molar-refractivity contribution in [1.82, 2.24) is 0 Å². The van der Waals surface area contributed by atoms with Crippen LogP contribution >= 0.6 is 0 Å². The first kappa shape index (κ1) is 19.4. The van der Waals surface area contributed by atoms with E-state index in [9.17, 15) is 4.79 Å². The van der Waals surface area contributed by atoms with Crippen LogP contribution in [0.2, 0.25) is 0 Å². The number of hydrogen-bond acceptors (Lipinski definition) is 6. The second-order valence-corrected chi connectivity index (χ2v) is 5.93. The Morgan fingerprint density at radius 2 is 1.65 bits per heavy atom. The first-order chi connectivity index (χ1) is 12.5. The molecular weight excluding hydrogens is 334 g/mol. The van der Waals surface area contributed by atoms with Crippen LogP contribution in [-0.2, 0) is 4.74 Å². The average molecular weight is 359 g/mol. The standard InChI is InChI=1S/C20H25NO5/c1-14(2)26-20(22)15-5-10-18(21)19(13-15)25-12-4-11-24-17-8-6-16(23-3)7-9-17/h5-10,13-14H,4,11-12,21H2,1-3H3. The number of nitrogens with two attached hydrogens (primary N) is 1. The monoisotopic (exact) mass is 359 g/mol. The Morgan fingerprint density at radius 3 is 2.31 bits per heavy atom. The molecule has 140 valence electrons. The van der Waals surface area contributed by atoms with E-state index < -0.39 is 5.97 Å². The fourth-order valence-corrected chi connectivity index (χ4v) is 2.17. The van der Waals surface area contributed by atoms with E-state index in [-0.39, 0.29) is 6.10 Å². The highest BCUT2D eigenvalue weighted by atomic mass is 16.5. The lowest BCUT2D eigenvalue weighted by Crippen LogP contribution is -2.12. The van der Waals surface area contributed by atoms with Crippen molar-refractivity contribution in [2.45, 2.75) is 26.4 Å². The van der Waals surface area contributed by atoms with Gasteiger partial charge in [-0.3, -0.25) is 0 Å². The molecule has 26 heavy (non-hydrogen) atoms. The van der Waals surface area contributed by atoms with Crippen molar-refractivity contribution in [1.29, 1.82) is 0 Å². The van der Waals surface area contributed by atoms with Crippen LogP contribution in [0.5, 0.6) is 17.2 Å². The van der Waals surface area contributed by atoms with Crippen molar-refractivity contribution in [3.63, 3.8) is 0 Å². The van der Waals surface area contributed by atoms with Gasteiger partial charge in [0.2, 0.25) is 0 Å². The summed E-state index contributed by atoms with van der Waals surface area (Å²) in [6.07, 6.45) is 0.492. The van der Waals surface area contributed by atoms with Gasteiger partial charge < -0.3 is 24.7 Å². The average Bonchev–Trinajstić information content (AvgIpc) is 2.62. The lowest BCUT2D eigenvalue weighted by molar-refractivity contribution is 0.0377. The second kappa shape index (κ2) is 9.56. The number of rotatable bonds is 9. The van der Waals surface area contributed by atoms with Crippen molar-refractivity contribution in [3.8, 4) is 17.2 Å². The first-order valence-electron chi connectivity index (χ1n) is 8.49. The lowest BCUT2D eigenvalue weighted by Gasteiger charge is -2.12. The van der Waals surface area contributed by atoms with E-state index in [2.05, 4.69) is 0 Å². The number of anilines is 1. The molecule has 0 heterocycles. The van der Waals surface area contributed by atoms with E-state index in [0.717, 1.165) is 11.5 Å². The minimum Gasteiger partial charge on any atom is -0.497 e. The van der Waals surface area contributed by atoms with E-state index in [1.54, 1.807) is 39.2 Å². The molecule has 2 N–H and O–H groups in total. The van der Waals surface area contributed by atoms with Gasteiger partial charge in [0, 0.05) is 6.42 Å². The quantitative estimate of drug-likeness (QED) is 0.418. The van der Waals surface area contributed by atoms with Crippen LogP contribution < -0.4 is 19.9 Å². The maximum absolute atomic E-state index is 11.9. The largest absolute Gasteiger partial charge is 0.497 e. The number of esters is 1. The minimum absolute atomic E-state index is 0.181. The fraction of sp³-hybridized carbons (Fsp3) is 0.350. The predicted molar refractivity (Wildman–Crippen MR) is 100 cm³/mol. The van der Waals surface area contributed by atoms with Gasteiger partial charge >= 0.3 is 5.97 Å². The van der Waals surface area contributed by atoms with Gasteiger partial charge in [0.15, 0.2) is 0 Å². The van der Waals surface area contributed by atoms with Crippen molar-refractivity contribution in [2.75, 3.05) is 26.1 Å². The molecule has 0 bridgehead atoms. The summed E-state index contributed by atoms with van der Waals surface area (Å²) in [6.45, 7) is 4.52. The highest BCUT2D eigenvalue weighted by Crippen LogP contribution is 2.24. The normalized spacial score (nSPS) is 10.5. The molecule has 0 atom stereocenters. The van der Waals surface area contributed by atoms with Gasteiger partial charge in [0.1, 0.15) is 17.2 Å². The number of methoxy groups -OCH3 is 1. The summed E-state index contributed by atoms with van der Waals surface area (Å²) in [5.41, 5.74) is 6.79. The smallest absolute Gasteiger partial charge is 0.338 e. The Kier molecular flexibility index (Phi) is 7.14. The molecule has 0 aliphatic heterocycles. The zero-order chi connectivity index (χ0) is 18.9. The molecule has 0 unspecified atom stereocenters. The Bertz CT molecular complexity index is 713. The molecule has 2 rings (SSSR count). The molecule has 0 aliphatic rings. The zero-order valence-electron chi connectivity index (χ0n) is 15.4. The summed E-state index contributed by atoms with van der Waals surface area (Å²) in [6, 6.07) is 12.2. The van der Waals surface area contributed by atoms with Crippen LogP contribution in [0.3, 0.4) is 0 Å². The van der Waals surface area contributed by atoms with E-state index in [1.165, 1.54) is 0 Å². The molecule has 2 aromatic rings. The molecule has 6 nitrogen and oxygen atoms in total. The van der Waals surface area contributed by atoms with Crippen LogP contribution in [-0.4, -0.2) is 32.4 Å². The maximum Gasteiger partial charge on any atom is 0.338 e. The van der Waals surface area contributed by atoms with Crippen molar-refractivity contribution in [3.05, 3.63) is 48.0 Å². The third-order valence-corrected chi connectivity index (χ3v) is 3.47. The Hall–Kier alpha value is -2.89. The van der Waals surface area contributed by atoms with Crippen LogP contribution in [0.15, 0.2) is 42.5 Å². The van der Waals surface area contributed by atoms with Crippen LogP contribution in [0.4, 0.5) is 5.69 Å². The summed E-state index contributed by atoms with van der Waals surface area (Å²) in [5, 5.41) is 0. The minimum atomic E-state index is -0.396. The van der Waals surface area contributed by atoms with Gasteiger partial charge in [-0.2, -0.15) is 0 Å². The first-order valence-corrected chi connectivity index (χ1v) is 8.49. The number of hydrogen-bond donors (Lipinski definition) is 1. The van der Waals surface area contributed by atoms with Gasteiger partial charge in [0.05, 0.1) is 37.7 Å². The maximum atomic E-state index is 11.9. The van der Waals surface area contributed by atoms with Gasteiger partial charge in [-0.25, -0.2) is 4.79 Å². The van der Waals surface area contributed by atoms with Crippen molar-refractivity contribution >= 4 is 11.7 Å². The number of benzene rings is 2. The van der Waals surface area contributed by atoms with E-state index in [0.29, 0.717) is 36.6 Å². The Labute approximate surface area is 153 Å². The number of ether oxygens (including phenoxy) is 4. The molecule has 0 saturated carbocycles. The number of carbonyl (C=O) groups is 1. The summed E-state index contributed by atoms with van der Waals surface area (Å²) in [7, 11) is 1.62. The zero-order valence-corrected chi connectivity index (χ0v) is 15.4. The molecular formula is C20H25NO5. The fourth-order valence-electron chi connectivity index (χ4n) is 2.17. The van der Waals surface area contributed by atoms with Gasteiger partial charge in [-0.15, -0.1) is 0 Å². The summed E-state index contributed by atoms with van der Waals surface area (Å²) in [5.74, 6) is 1.62. The number of nitrogen functional groups attached to an aromatic ring is 1. The van der Waals surface area contributed by atoms with Crippen LogP contribution in [0, 0.1) is 0 Å². The Morgan fingerprint density at radius 1 is 1.00 bits per heavy atom. The topological polar surface area (TPSA) is 80.0 Å². The van der Waals surface area contributed by atoms with Crippen molar-refractivity contribution < 1.29 is 23.7 Å². The predicted octanol–water partition coefficient (Wildman–Crippen LogP) is 3.69. The summed E-state index contributed by atoms with van der Waals surface area (Å²) >= 11 is 0. The summed E-state index contributed by atoms with van der Waals surface area (Å²) < 4.78 is 21.6. The van der Waals surface area contributed by atoms with E-state index in [4.69, 9.17) is 24.7 Å². The molecule has 0 radical (unpaired) electrons. The summed E-state index contributed by atoms with van der Waals surface area (Å²) in [4.78, 5) is 11.9. The molecule has 0 aromatic heterocycles. The molecule has 6 heteroatoms. The molecule has 0 fully saturated rings. The molecule has 0 aliphatic carbocycles.